The molecule has 4 aromatic rings. The Morgan fingerprint density at radius 3 is 2.50 bits per heavy atom. The fraction of sp³-hybridized carbons (Fsp3) is 0.158. The maximum absolute atomic E-state index is 4.24. The van der Waals surface area contributed by atoms with Crippen LogP contribution in [0, 0.1) is 13.8 Å². The van der Waals surface area contributed by atoms with E-state index in [2.05, 4.69) is 70.9 Å². The van der Waals surface area contributed by atoms with Crippen molar-refractivity contribution in [2.75, 3.05) is 0 Å². The number of tetrazole rings is 1. The highest BCUT2D eigenvalue weighted by Gasteiger charge is 2.10. The Morgan fingerprint density at radius 1 is 0.962 bits per heavy atom. The van der Waals surface area contributed by atoms with E-state index in [1.54, 1.807) is 22.6 Å². The smallest absolute Gasteiger partial charge is 0.214 e. The Labute approximate surface area is 155 Å². The first-order chi connectivity index (χ1) is 12.7. The molecule has 0 N–H and O–H groups in total. The molecule has 0 fully saturated rings. The molecule has 0 bridgehead atoms. The van der Waals surface area contributed by atoms with Crippen molar-refractivity contribution < 1.29 is 0 Å². The van der Waals surface area contributed by atoms with Crippen molar-refractivity contribution in [2.45, 2.75) is 24.8 Å². The third-order valence-corrected chi connectivity index (χ3v) is 5.24. The normalized spacial score (nSPS) is 11.0. The second-order valence-corrected chi connectivity index (χ2v) is 6.99. The zero-order valence-corrected chi connectivity index (χ0v) is 15.4. The van der Waals surface area contributed by atoms with Crippen molar-refractivity contribution >= 4 is 11.8 Å². The summed E-state index contributed by atoms with van der Waals surface area (Å²) in [5.41, 5.74) is 5.72. The molecule has 0 aliphatic carbocycles. The molecule has 0 aliphatic rings. The summed E-state index contributed by atoms with van der Waals surface area (Å²) in [5, 5.41) is 17.2. The summed E-state index contributed by atoms with van der Waals surface area (Å²) < 4.78 is 3.63. The molecule has 26 heavy (non-hydrogen) atoms. The van der Waals surface area contributed by atoms with Crippen molar-refractivity contribution in [3.63, 3.8) is 0 Å². The summed E-state index contributed by atoms with van der Waals surface area (Å²) >= 11 is 1.62. The van der Waals surface area contributed by atoms with E-state index >= 15 is 0 Å². The van der Waals surface area contributed by atoms with Crippen LogP contribution in [0.5, 0.6) is 0 Å². The highest BCUT2D eigenvalue weighted by atomic mass is 32.2. The monoisotopic (exact) mass is 362 g/mol. The maximum Gasteiger partial charge on any atom is 0.214 e. The zero-order chi connectivity index (χ0) is 17.9. The molecule has 0 spiro atoms. The number of aromatic nitrogens is 6. The minimum Gasteiger partial charge on any atom is -0.241 e. The minimum absolute atomic E-state index is 0.782. The van der Waals surface area contributed by atoms with Gasteiger partial charge in [-0.3, -0.25) is 0 Å². The van der Waals surface area contributed by atoms with Crippen LogP contribution >= 0.6 is 11.8 Å². The van der Waals surface area contributed by atoms with Gasteiger partial charge in [-0.1, -0.05) is 30.0 Å². The van der Waals surface area contributed by atoms with Crippen LogP contribution in [0.15, 0.2) is 66.1 Å². The number of hydrogen-bond acceptors (Lipinski definition) is 5. The topological polar surface area (TPSA) is 61.4 Å². The van der Waals surface area contributed by atoms with Crippen LogP contribution in [0.1, 0.15) is 16.7 Å². The number of thioether (sulfide) groups is 1. The lowest BCUT2D eigenvalue weighted by atomic mass is 10.1. The van der Waals surface area contributed by atoms with Gasteiger partial charge in [0.15, 0.2) is 0 Å². The average molecular weight is 362 g/mol. The Bertz CT molecular complexity index is 1000. The van der Waals surface area contributed by atoms with Gasteiger partial charge in [-0.15, -0.1) is 5.10 Å². The Balaban J connectivity index is 1.49. The highest BCUT2D eigenvalue weighted by Crippen LogP contribution is 2.24. The fourth-order valence-electron chi connectivity index (χ4n) is 2.60. The predicted octanol–water partition coefficient (Wildman–Crippen LogP) is 3.76. The van der Waals surface area contributed by atoms with E-state index in [-0.39, 0.29) is 0 Å². The Kier molecular flexibility index (Phi) is 4.53. The molecule has 0 radical (unpaired) electrons. The molecular formula is C19H18N6S. The van der Waals surface area contributed by atoms with Crippen molar-refractivity contribution in [3.05, 3.63) is 77.6 Å². The van der Waals surface area contributed by atoms with Crippen LogP contribution in [-0.4, -0.2) is 30.0 Å². The molecule has 4 rings (SSSR count). The molecule has 0 unspecified atom stereocenters. The van der Waals surface area contributed by atoms with Gasteiger partial charge in [0.05, 0.1) is 11.4 Å². The third-order valence-electron chi connectivity index (χ3n) is 4.25. The second kappa shape index (κ2) is 7.13. The van der Waals surface area contributed by atoms with Gasteiger partial charge in [0.2, 0.25) is 5.16 Å². The lowest BCUT2D eigenvalue weighted by molar-refractivity contribution is 0.755. The molecular weight excluding hydrogens is 344 g/mol. The largest absolute Gasteiger partial charge is 0.241 e. The van der Waals surface area contributed by atoms with Crippen LogP contribution in [-0.2, 0) is 5.75 Å². The first-order valence-electron chi connectivity index (χ1n) is 8.28. The molecule has 6 nitrogen and oxygen atoms in total. The van der Waals surface area contributed by atoms with E-state index in [1.807, 2.05) is 23.0 Å². The molecule has 0 amide bonds. The molecule has 2 aromatic heterocycles. The van der Waals surface area contributed by atoms with Gasteiger partial charge in [0.25, 0.3) is 0 Å². The number of hydrogen-bond donors (Lipinski definition) is 0. The fourth-order valence-corrected chi connectivity index (χ4v) is 3.45. The lowest BCUT2D eigenvalue weighted by Crippen LogP contribution is -2.00. The van der Waals surface area contributed by atoms with Crippen LogP contribution in [0.2, 0.25) is 0 Å². The van der Waals surface area contributed by atoms with Crippen LogP contribution in [0.3, 0.4) is 0 Å². The summed E-state index contributed by atoms with van der Waals surface area (Å²) in [4.78, 5) is 0. The summed E-state index contributed by atoms with van der Waals surface area (Å²) in [7, 11) is 0. The molecule has 0 aliphatic heterocycles. The van der Waals surface area contributed by atoms with E-state index in [0.717, 1.165) is 22.3 Å². The Morgan fingerprint density at radius 2 is 1.77 bits per heavy atom. The molecule has 2 aromatic carbocycles. The summed E-state index contributed by atoms with van der Waals surface area (Å²) in [6.45, 7) is 4.19. The van der Waals surface area contributed by atoms with Crippen LogP contribution in [0.4, 0.5) is 0 Å². The molecule has 0 saturated heterocycles. The van der Waals surface area contributed by atoms with Gasteiger partial charge >= 0.3 is 0 Å². The van der Waals surface area contributed by atoms with Gasteiger partial charge in [-0.2, -0.15) is 9.78 Å². The maximum atomic E-state index is 4.24. The minimum atomic E-state index is 0.782. The van der Waals surface area contributed by atoms with Gasteiger partial charge < -0.3 is 0 Å². The molecule has 7 heteroatoms. The van der Waals surface area contributed by atoms with Crippen molar-refractivity contribution in [1.29, 1.82) is 0 Å². The molecule has 0 atom stereocenters. The van der Waals surface area contributed by atoms with Gasteiger partial charge in [-0.05, 0) is 71.3 Å². The van der Waals surface area contributed by atoms with E-state index in [9.17, 15) is 0 Å². The zero-order valence-electron chi connectivity index (χ0n) is 14.6. The Hall–Kier alpha value is -2.93. The van der Waals surface area contributed by atoms with E-state index in [0.29, 0.717) is 0 Å². The number of rotatable bonds is 5. The van der Waals surface area contributed by atoms with Crippen molar-refractivity contribution in [1.82, 2.24) is 30.0 Å². The summed E-state index contributed by atoms with van der Waals surface area (Å²) in [6, 6.07) is 16.5. The summed E-state index contributed by atoms with van der Waals surface area (Å²) in [5.74, 6) is 0.796. The SMILES string of the molecule is Cc1ccc(-n2nnnc2SCc2ccc(-n3cccn3)cc2)cc1C. The quantitative estimate of drug-likeness (QED) is 0.506. The number of aryl methyl sites for hydroxylation is 2. The van der Waals surface area contributed by atoms with Crippen molar-refractivity contribution in [3.8, 4) is 11.4 Å². The molecule has 130 valence electrons. The van der Waals surface area contributed by atoms with E-state index in [4.69, 9.17) is 0 Å². The number of benzene rings is 2. The first kappa shape index (κ1) is 16.5. The summed E-state index contributed by atoms with van der Waals surface area (Å²) in [6.07, 6.45) is 3.71. The second-order valence-electron chi connectivity index (χ2n) is 6.05. The third kappa shape index (κ3) is 3.39. The predicted molar refractivity (Wildman–Crippen MR) is 102 cm³/mol. The van der Waals surface area contributed by atoms with Gasteiger partial charge in [-0.25, -0.2) is 4.68 Å². The average Bonchev–Trinajstić information content (AvgIpc) is 3.34. The number of nitrogens with zero attached hydrogens (tertiary/aromatic N) is 6. The van der Waals surface area contributed by atoms with Gasteiger partial charge in [0, 0.05) is 18.1 Å². The van der Waals surface area contributed by atoms with Crippen LogP contribution in [0.25, 0.3) is 11.4 Å². The molecule has 2 heterocycles. The highest BCUT2D eigenvalue weighted by molar-refractivity contribution is 7.98. The standard InChI is InChI=1S/C19H18N6S/c1-14-4-7-18(12-15(14)2)25-19(21-22-23-25)26-13-16-5-8-17(9-6-16)24-11-3-10-20-24/h3-12H,13H2,1-2H3. The van der Waals surface area contributed by atoms with Crippen LogP contribution < -0.4 is 0 Å². The lowest BCUT2D eigenvalue weighted by Gasteiger charge is -2.07. The van der Waals surface area contributed by atoms with E-state index in [1.165, 1.54) is 16.7 Å². The van der Waals surface area contributed by atoms with Gasteiger partial charge in [0.1, 0.15) is 0 Å². The molecule has 0 saturated carbocycles. The first-order valence-corrected chi connectivity index (χ1v) is 9.27. The van der Waals surface area contributed by atoms with E-state index < -0.39 is 0 Å². The van der Waals surface area contributed by atoms with Crippen molar-refractivity contribution in [2.24, 2.45) is 0 Å².